The molecular weight excluding hydrogens is 338 g/mol. The Labute approximate surface area is 150 Å². The molecule has 132 valence electrons. The predicted molar refractivity (Wildman–Crippen MR) is 96.2 cm³/mol. The number of anilines is 1. The number of fused-ring (bicyclic) bond motifs is 1. The number of nitrogens with one attached hydrogen (secondary N) is 1. The lowest BCUT2D eigenvalue weighted by atomic mass is 9.95. The molecule has 6 nitrogen and oxygen atoms in total. The molecule has 2 aliphatic rings. The molecule has 25 heavy (non-hydrogen) atoms. The van der Waals surface area contributed by atoms with Gasteiger partial charge >= 0.3 is 0 Å². The average Bonchev–Trinajstić information content (AvgIpc) is 3.16. The number of thiazole rings is 1. The monoisotopic (exact) mass is 359 g/mol. The quantitative estimate of drug-likeness (QED) is 0.909. The van der Waals surface area contributed by atoms with Crippen molar-refractivity contribution in [2.75, 3.05) is 31.6 Å². The molecule has 1 N–H and O–H groups in total. The number of para-hydroxylation sites is 1. The second kappa shape index (κ2) is 7.41. The Kier molecular flexibility index (Phi) is 4.85. The van der Waals surface area contributed by atoms with Crippen molar-refractivity contribution in [1.82, 2.24) is 9.88 Å². The Morgan fingerprint density at radius 3 is 2.92 bits per heavy atom. The number of amides is 1. The third kappa shape index (κ3) is 3.77. The average molecular weight is 359 g/mol. The fraction of sp³-hybridized carbons (Fsp3) is 0.444. The van der Waals surface area contributed by atoms with Crippen molar-refractivity contribution in [2.24, 2.45) is 5.92 Å². The molecule has 0 bridgehead atoms. The maximum atomic E-state index is 12.3. The summed E-state index contributed by atoms with van der Waals surface area (Å²) in [7, 11) is 0. The SMILES string of the molecule is O=C(Nc1nccs1)C1CCN(Cc2cccc3c2OCCO3)CC1. The molecule has 0 spiro atoms. The van der Waals surface area contributed by atoms with Gasteiger partial charge in [0.05, 0.1) is 0 Å². The third-order valence-corrected chi connectivity index (χ3v) is 5.35. The number of rotatable bonds is 4. The Morgan fingerprint density at radius 2 is 2.12 bits per heavy atom. The fourth-order valence-electron chi connectivity index (χ4n) is 3.35. The minimum Gasteiger partial charge on any atom is -0.486 e. The molecule has 0 unspecified atom stereocenters. The summed E-state index contributed by atoms with van der Waals surface area (Å²) in [6.45, 7) is 3.84. The number of benzene rings is 1. The van der Waals surface area contributed by atoms with E-state index in [0.717, 1.165) is 49.5 Å². The molecule has 0 radical (unpaired) electrons. The zero-order valence-electron chi connectivity index (χ0n) is 13.9. The summed E-state index contributed by atoms with van der Waals surface area (Å²) in [4.78, 5) is 18.8. The summed E-state index contributed by atoms with van der Waals surface area (Å²) in [5.41, 5.74) is 1.16. The van der Waals surface area contributed by atoms with Gasteiger partial charge in [-0.3, -0.25) is 9.69 Å². The van der Waals surface area contributed by atoms with Crippen LogP contribution in [0.4, 0.5) is 5.13 Å². The van der Waals surface area contributed by atoms with Crippen LogP contribution in [0.5, 0.6) is 11.5 Å². The van der Waals surface area contributed by atoms with Crippen LogP contribution in [-0.2, 0) is 11.3 Å². The van der Waals surface area contributed by atoms with Crippen molar-refractivity contribution in [2.45, 2.75) is 19.4 Å². The first-order chi connectivity index (χ1) is 12.3. The molecule has 1 aromatic heterocycles. The topological polar surface area (TPSA) is 63.7 Å². The lowest BCUT2D eigenvalue weighted by molar-refractivity contribution is -0.121. The van der Waals surface area contributed by atoms with Crippen molar-refractivity contribution in [1.29, 1.82) is 0 Å². The van der Waals surface area contributed by atoms with Gasteiger partial charge in [0.2, 0.25) is 5.91 Å². The van der Waals surface area contributed by atoms with E-state index in [4.69, 9.17) is 9.47 Å². The molecule has 0 atom stereocenters. The van der Waals surface area contributed by atoms with Crippen LogP contribution in [0, 0.1) is 5.92 Å². The molecule has 1 amide bonds. The van der Waals surface area contributed by atoms with E-state index >= 15 is 0 Å². The lowest BCUT2D eigenvalue weighted by Gasteiger charge is -2.32. The Balaban J connectivity index is 1.33. The van der Waals surface area contributed by atoms with Gasteiger partial charge in [0.25, 0.3) is 0 Å². The highest BCUT2D eigenvalue weighted by Crippen LogP contribution is 2.34. The molecule has 0 saturated carbocycles. The summed E-state index contributed by atoms with van der Waals surface area (Å²) in [6.07, 6.45) is 3.43. The number of piperidine rings is 1. The summed E-state index contributed by atoms with van der Waals surface area (Å²) in [6, 6.07) is 6.05. The summed E-state index contributed by atoms with van der Waals surface area (Å²) < 4.78 is 11.4. The van der Waals surface area contributed by atoms with Crippen LogP contribution in [0.3, 0.4) is 0 Å². The van der Waals surface area contributed by atoms with E-state index in [2.05, 4.69) is 21.3 Å². The van der Waals surface area contributed by atoms with Crippen molar-refractivity contribution >= 4 is 22.4 Å². The number of carbonyl (C=O) groups is 1. The zero-order valence-corrected chi connectivity index (χ0v) is 14.8. The second-order valence-electron chi connectivity index (χ2n) is 6.32. The molecule has 1 aromatic carbocycles. The van der Waals surface area contributed by atoms with Gasteiger partial charge in [-0.15, -0.1) is 11.3 Å². The van der Waals surface area contributed by atoms with E-state index in [1.54, 1.807) is 6.20 Å². The van der Waals surface area contributed by atoms with Gasteiger partial charge in [-0.1, -0.05) is 12.1 Å². The van der Waals surface area contributed by atoms with E-state index in [9.17, 15) is 4.79 Å². The van der Waals surface area contributed by atoms with Gasteiger partial charge in [-0.2, -0.15) is 0 Å². The maximum Gasteiger partial charge on any atom is 0.229 e. The Morgan fingerprint density at radius 1 is 1.28 bits per heavy atom. The lowest BCUT2D eigenvalue weighted by Crippen LogP contribution is -2.37. The van der Waals surface area contributed by atoms with E-state index in [1.807, 2.05) is 17.5 Å². The minimum absolute atomic E-state index is 0.0596. The van der Waals surface area contributed by atoms with E-state index in [0.29, 0.717) is 18.3 Å². The van der Waals surface area contributed by atoms with Gasteiger partial charge in [-0.25, -0.2) is 4.98 Å². The molecule has 2 aromatic rings. The van der Waals surface area contributed by atoms with Crippen molar-refractivity contribution in [3.63, 3.8) is 0 Å². The smallest absolute Gasteiger partial charge is 0.229 e. The number of nitrogens with zero attached hydrogens (tertiary/aromatic N) is 2. The van der Waals surface area contributed by atoms with Crippen LogP contribution in [0.25, 0.3) is 0 Å². The van der Waals surface area contributed by atoms with Gasteiger partial charge < -0.3 is 14.8 Å². The molecule has 4 rings (SSSR count). The largest absolute Gasteiger partial charge is 0.486 e. The first-order valence-electron chi connectivity index (χ1n) is 8.60. The minimum atomic E-state index is 0.0596. The summed E-state index contributed by atoms with van der Waals surface area (Å²) >= 11 is 1.45. The molecule has 2 aliphatic heterocycles. The Hall–Kier alpha value is -2.12. The van der Waals surface area contributed by atoms with Crippen molar-refractivity contribution in [3.05, 3.63) is 35.3 Å². The number of likely N-dealkylation sites (tertiary alicyclic amines) is 1. The zero-order chi connectivity index (χ0) is 17.1. The fourth-order valence-corrected chi connectivity index (χ4v) is 3.88. The van der Waals surface area contributed by atoms with Crippen LogP contribution in [0.2, 0.25) is 0 Å². The molecule has 3 heterocycles. The third-order valence-electron chi connectivity index (χ3n) is 4.66. The van der Waals surface area contributed by atoms with Crippen molar-refractivity contribution < 1.29 is 14.3 Å². The number of ether oxygens (including phenoxy) is 2. The normalized spacial score (nSPS) is 18.1. The standard InChI is InChI=1S/C18H21N3O3S/c22-17(20-18-19-6-11-25-18)13-4-7-21(8-5-13)12-14-2-1-3-15-16(14)24-10-9-23-15/h1-3,6,11,13H,4-5,7-10,12H2,(H,19,20,22). The molecule has 1 saturated heterocycles. The number of aromatic nitrogens is 1. The van der Waals surface area contributed by atoms with Crippen LogP contribution in [0.15, 0.2) is 29.8 Å². The van der Waals surface area contributed by atoms with Crippen LogP contribution < -0.4 is 14.8 Å². The van der Waals surface area contributed by atoms with Gasteiger partial charge in [0.15, 0.2) is 16.6 Å². The molecule has 1 fully saturated rings. The van der Waals surface area contributed by atoms with E-state index in [-0.39, 0.29) is 11.8 Å². The number of hydrogen-bond donors (Lipinski definition) is 1. The highest BCUT2D eigenvalue weighted by molar-refractivity contribution is 7.13. The summed E-state index contributed by atoms with van der Waals surface area (Å²) in [5, 5.41) is 5.46. The van der Waals surface area contributed by atoms with Crippen LogP contribution in [0.1, 0.15) is 18.4 Å². The first kappa shape index (κ1) is 16.4. The van der Waals surface area contributed by atoms with Gasteiger partial charge in [-0.05, 0) is 32.0 Å². The van der Waals surface area contributed by atoms with Crippen molar-refractivity contribution in [3.8, 4) is 11.5 Å². The highest BCUT2D eigenvalue weighted by Gasteiger charge is 2.26. The van der Waals surface area contributed by atoms with Crippen LogP contribution in [-0.4, -0.2) is 42.1 Å². The first-order valence-corrected chi connectivity index (χ1v) is 9.48. The van der Waals surface area contributed by atoms with E-state index in [1.165, 1.54) is 11.3 Å². The molecular formula is C18H21N3O3S. The van der Waals surface area contributed by atoms with Crippen LogP contribution >= 0.6 is 11.3 Å². The maximum absolute atomic E-state index is 12.3. The predicted octanol–water partition coefficient (Wildman–Crippen LogP) is 2.77. The van der Waals surface area contributed by atoms with E-state index < -0.39 is 0 Å². The molecule has 0 aliphatic carbocycles. The van der Waals surface area contributed by atoms with Gasteiger partial charge in [0.1, 0.15) is 13.2 Å². The highest BCUT2D eigenvalue weighted by atomic mass is 32.1. The van der Waals surface area contributed by atoms with Gasteiger partial charge in [0, 0.05) is 29.6 Å². The Bertz CT molecular complexity index is 727. The number of hydrogen-bond acceptors (Lipinski definition) is 6. The second-order valence-corrected chi connectivity index (χ2v) is 7.21. The molecule has 7 heteroatoms. The summed E-state index contributed by atoms with van der Waals surface area (Å²) in [5.74, 6) is 1.85. The number of carbonyl (C=O) groups excluding carboxylic acids is 1.